The third-order valence-electron chi connectivity index (χ3n) is 4.89. The lowest BCUT2D eigenvalue weighted by atomic mass is 9.80. The lowest BCUT2D eigenvalue weighted by molar-refractivity contribution is 0.0854. The molecule has 0 aliphatic heterocycles. The largest absolute Gasteiger partial charge is 0.313 e. The zero-order valence-electron chi connectivity index (χ0n) is 13.2. The fraction of sp³-hybridized carbons (Fsp3) is 1.00. The topological polar surface area (TPSA) is 15.3 Å². The molecule has 2 heteroatoms. The van der Waals surface area contributed by atoms with E-state index in [0.717, 1.165) is 24.5 Å². The molecule has 4 atom stereocenters. The van der Waals surface area contributed by atoms with Crippen LogP contribution in [-0.2, 0) is 0 Å². The lowest BCUT2D eigenvalue weighted by Gasteiger charge is -2.44. The summed E-state index contributed by atoms with van der Waals surface area (Å²) in [5, 5.41) is 3.72. The van der Waals surface area contributed by atoms with Crippen LogP contribution in [0.15, 0.2) is 0 Å². The molecule has 108 valence electrons. The molecule has 1 saturated carbocycles. The Morgan fingerprint density at radius 3 is 2.50 bits per heavy atom. The Labute approximate surface area is 115 Å². The Kier molecular flexibility index (Phi) is 7.25. The molecule has 1 aliphatic rings. The van der Waals surface area contributed by atoms with Crippen LogP contribution in [0.2, 0.25) is 0 Å². The van der Waals surface area contributed by atoms with E-state index < -0.39 is 0 Å². The summed E-state index contributed by atoms with van der Waals surface area (Å²) in [5.41, 5.74) is 0. The van der Waals surface area contributed by atoms with Gasteiger partial charge in [0, 0.05) is 18.1 Å². The van der Waals surface area contributed by atoms with Crippen molar-refractivity contribution in [3.8, 4) is 0 Å². The first kappa shape index (κ1) is 16.0. The van der Waals surface area contributed by atoms with Gasteiger partial charge in [0.15, 0.2) is 0 Å². The van der Waals surface area contributed by atoms with Gasteiger partial charge in [0.05, 0.1) is 0 Å². The summed E-state index contributed by atoms with van der Waals surface area (Å²) in [5.74, 6) is 0.946. The zero-order chi connectivity index (χ0) is 13.5. The smallest absolute Gasteiger partial charge is 0.0251 e. The van der Waals surface area contributed by atoms with Gasteiger partial charge in [0.25, 0.3) is 0 Å². The molecule has 18 heavy (non-hydrogen) atoms. The maximum atomic E-state index is 3.72. The molecule has 0 aromatic heterocycles. The molecule has 1 N–H and O–H groups in total. The van der Waals surface area contributed by atoms with Crippen LogP contribution in [0.1, 0.15) is 66.2 Å². The van der Waals surface area contributed by atoms with Crippen molar-refractivity contribution >= 4 is 0 Å². The van der Waals surface area contributed by atoms with Crippen LogP contribution in [-0.4, -0.2) is 36.6 Å². The summed E-state index contributed by atoms with van der Waals surface area (Å²) in [6, 6.07) is 2.17. The predicted octanol–water partition coefficient (Wildman–Crippen LogP) is 3.66. The Morgan fingerprint density at radius 1 is 1.22 bits per heavy atom. The van der Waals surface area contributed by atoms with E-state index >= 15 is 0 Å². The summed E-state index contributed by atoms with van der Waals surface area (Å²) < 4.78 is 0. The Morgan fingerprint density at radius 2 is 1.94 bits per heavy atom. The minimum atomic E-state index is 0.710. The van der Waals surface area contributed by atoms with E-state index in [4.69, 9.17) is 0 Å². The number of rotatable bonds is 7. The van der Waals surface area contributed by atoms with Crippen molar-refractivity contribution in [2.45, 2.75) is 84.3 Å². The Bertz CT molecular complexity index is 217. The maximum absolute atomic E-state index is 3.72. The molecule has 0 spiro atoms. The highest BCUT2D eigenvalue weighted by Gasteiger charge is 2.33. The molecule has 0 aromatic carbocycles. The first-order valence-corrected chi connectivity index (χ1v) is 8.09. The van der Waals surface area contributed by atoms with Gasteiger partial charge >= 0.3 is 0 Å². The monoisotopic (exact) mass is 254 g/mol. The van der Waals surface area contributed by atoms with Crippen molar-refractivity contribution in [2.24, 2.45) is 5.92 Å². The van der Waals surface area contributed by atoms with Crippen LogP contribution in [0.3, 0.4) is 0 Å². The fourth-order valence-corrected chi connectivity index (χ4v) is 3.50. The number of likely N-dealkylation sites (N-methyl/N-ethyl adjacent to an activating group) is 2. The van der Waals surface area contributed by atoms with Gasteiger partial charge in [-0.1, -0.05) is 33.6 Å². The van der Waals surface area contributed by atoms with Crippen LogP contribution >= 0.6 is 0 Å². The minimum Gasteiger partial charge on any atom is -0.313 e. The zero-order valence-corrected chi connectivity index (χ0v) is 13.2. The van der Waals surface area contributed by atoms with Crippen LogP contribution in [0.4, 0.5) is 0 Å². The maximum Gasteiger partial charge on any atom is 0.0251 e. The quantitative estimate of drug-likeness (QED) is 0.746. The molecule has 0 amide bonds. The molecule has 1 rings (SSSR count). The van der Waals surface area contributed by atoms with Gasteiger partial charge in [-0.2, -0.15) is 0 Å². The lowest BCUT2D eigenvalue weighted by Crippen LogP contribution is -2.54. The molecule has 2 nitrogen and oxygen atoms in total. The van der Waals surface area contributed by atoms with E-state index in [-0.39, 0.29) is 0 Å². The molecule has 1 aliphatic carbocycles. The Balaban J connectivity index is 2.64. The first-order valence-electron chi connectivity index (χ1n) is 8.09. The highest BCUT2D eigenvalue weighted by atomic mass is 15.2. The van der Waals surface area contributed by atoms with Crippen LogP contribution in [0.25, 0.3) is 0 Å². The van der Waals surface area contributed by atoms with Crippen molar-refractivity contribution < 1.29 is 0 Å². The number of nitrogens with zero attached hydrogens (tertiary/aromatic N) is 1. The fourth-order valence-electron chi connectivity index (χ4n) is 3.50. The van der Waals surface area contributed by atoms with Crippen molar-refractivity contribution in [1.29, 1.82) is 0 Å². The number of hydrogen-bond donors (Lipinski definition) is 1. The van der Waals surface area contributed by atoms with E-state index in [1.807, 2.05) is 0 Å². The molecule has 0 aromatic rings. The molecular formula is C16H34N2. The third kappa shape index (κ3) is 4.24. The van der Waals surface area contributed by atoms with E-state index in [1.165, 1.54) is 38.5 Å². The van der Waals surface area contributed by atoms with Crippen LogP contribution < -0.4 is 5.32 Å². The van der Waals surface area contributed by atoms with Crippen molar-refractivity contribution in [1.82, 2.24) is 10.2 Å². The van der Waals surface area contributed by atoms with Gasteiger partial charge in [-0.25, -0.2) is 0 Å². The molecule has 4 unspecified atom stereocenters. The van der Waals surface area contributed by atoms with Gasteiger partial charge in [0.2, 0.25) is 0 Å². The van der Waals surface area contributed by atoms with Crippen molar-refractivity contribution in [2.75, 3.05) is 13.6 Å². The summed E-state index contributed by atoms with van der Waals surface area (Å²) in [6.07, 6.45) is 8.13. The van der Waals surface area contributed by atoms with Gasteiger partial charge in [-0.15, -0.1) is 0 Å². The van der Waals surface area contributed by atoms with E-state index in [2.05, 4.69) is 45.0 Å². The van der Waals surface area contributed by atoms with Crippen LogP contribution in [0.5, 0.6) is 0 Å². The molecule has 1 fully saturated rings. The highest BCUT2D eigenvalue weighted by molar-refractivity contribution is 4.91. The second kappa shape index (κ2) is 8.16. The molecule has 0 heterocycles. The minimum absolute atomic E-state index is 0.710. The summed E-state index contributed by atoms with van der Waals surface area (Å²) in [7, 11) is 2.34. The second-order valence-electron chi connectivity index (χ2n) is 6.12. The van der Waals surface area contributed by atoms with Crippen molar-refractivity contribution in [3.63, 3.8) is 0 Å². The van der Waals surface area contributed by atoms with Crippen LogP contribution in [0, 0.1) is 5.92 Å². The molecule has 0 bridgehead atoms. The number of hydrogen-bond acceptors (Lipinski definition) is 2. The molecule has 0 saturated heterocycles. The first-order chi connectivity index (χ1) is 8.63. The van der Waals surface area contributed by atoms with Crippen molar-refractivity contribution in [3.05, 3.63) is 0 Å². The summed E-state index contributed by atoms with van der Waals surface area (Å²) >= 11 is 0. The van der Waals surface area contributed by atoms with Gasteiger partial charge in [-0.05, 0) is 52.1 Å². The van der Waals surface area contributed by atoms with E-state index in [9.17, 15) is 0 Å². The molecule has 0 radical (unpaired) electrons. The average molecular weight is 254 g/mol. The standard InChI is InChI=1S/C16H34N2/c1-6-9-13(4)18(5)16-12-14(7-2)10-11-15(16)17-8-3/h13-17H,6-12H2,1-5H3. The second-order valence-corrected chi connectivity index (χ2v) is 6.12. The average Bonchev–Trinajstić information content (AvgIpc) is 2.39. The van der Waals surface area contributed by atoms with E-state index in [1.54, 1.807) is 0 Å². The SMILES string of the molecule is CCCC(C)N(C)C1CC(CC)CCC1NCC. The summed E-state index contributed by atoms with van der Waals surface area (Å²) in [4.78, 5) is 2.65. The van der Waals surface area contributed by atoms with Gasteiger partial charge < -0.3 is 5.32 Å². The van der Waals surface area contributed by atoms with Gasteiger partial charge in [0.1, 0.15) is 0 Å². The summed E-state index contributed by atoms with van der Waals surface area (Å²) in [6.45, 7) is 10.4. The Hall–Kier alpha value is -0.0800. The highest BCUT2D eigenvalue weighted by Crippen LogP contribution is 2.30. The normalized spacial score (nSPS) is 30.7. The third-order valence-corrected chi connectivity index (χ3v) is 4.89. The predicted molar refractivity (Wildman–Crippen MR) is 81.0 cm³/mol. The van der Waals surface area contributed by atoms with E-state index in [0.29, 0.717) is 6.04 Å². The number of nitrogens with one attached hydrogen (secondary N) is 1. The molecular weight excluding hydrogens is 220 g/mol. The van der Waals surface area contributed by atoms with Gasteiger partial charge in [-0.3, -0.25) is 4.90 Å².